The molecule has 1 N–H and O–H groups in total. The number of nitrogens with zero attached hydrogens (tertiary/aromatic N) is 2. The Hall–Kier alpha value is -1.57. The van der Waals surface area contributed by atoms with E-state index in [0.717, 1.165) is 56.9 Å². The number of rotatable bonds is 5. The zero-order valence-electron chi connectivity index (χ0n) is 13.1. The maximum absolute atomic E-state index is 9.45. The van der Waals surface area contributed by atoms with Crippen molar-refractivity contribution in [2.75, 3.05) is 31.1 Å². The monoisotopic (exact) mass is 287 g/mol. The Labute approximate surface area is 127 Å². The van der Waals surface area contributed by atoms with E-state index in [9.17, 15) is 5.26 Å². The summed E-state index contributed by atoms with van der Waals surface area (Å²) in [5.74, 6) is 0. The molecule has 4 heteroatoms. The number of benzene rings is 1. The normalized spacial score (nSPS) is 19.1. The Balaban J connectivity index is 2.13. The average molecular weight is 287 g/mol. The average Bonchev–Trinajstić information content (AvgIpc) is 2.72. The summed E-state index contributed by atoms with van der Waals surface area (Å²) in [6.45, 7) is 8.67. The summed E-state index contributed by atoms with van der Waals surface area (Å²) in [5, 5.41) is 12.8. The highest BCUT2D eigenvalue weighted by molar-refractivity contribution is 5.60. The molecule has 0 bridgehead atoms. The second-order valence-electron chi connectivity index (χ2n) is 5.62. The highest BCUT2D eigenvalue weighted by Gasteiger charge is 2.18. The van der Waals surface area contributed by atoms with Gasteiger partial charge < -0.3 is 15.0 Å². The molecule has 0 aromatic heterocycles. The van der Waals surface area contributed by atoms with Crippen LogP contribution in [0.2, 0.25) is 0 Å². The van der Waals surface area contributed by atoms with E-state index in [2.05, 4.69) is 42.3 Å². The molecule has 0 spiro atoms. The summed E-state index contributed by atoms with van der Waals surface area (Å²) < 4.78 is 5.68. The summed E-state index contributed by atoms with van der Waals surface area (Å²) in [6, 6.07) is 8.56. The molecule has 4 nitrogen and oxygen atoms in total. The van der Waals surface area contributed by atoms with Crippen LogP contribution in [0.5, 0.6) is 0 Å². The molecule has 0 saturated carbocycles. The van der Waals surface area contributed by atoms with Crippen molar-refractivity contribution in [3.8, 4) is 6.07 Å². The second-order valence-corrected chi connectivity index (χ2v) is 5.62. The van der Waals surface area contributed by atoms with Gasteiger partial charge in [-0.15, -0.1) is 0 Å². The Morgan fingerprint density at radius 1 is 1.48 bits per heavy atom. The van der Waals surface area contributed by atoms with Gasteiger partial charge in [-0.25, -0.2) is 0 Å². The molecule has 114 valence electrons. The summed E-state index contributed by atoms with van der Waals surface area (Å²) in [7, 11) is 0. The molecule has 1 fully saturated rings. The van der Waals surface area contributed by atoms with E-state index in [-0.39, 0.29) is 6.10 Å². The lowest BCUT2D eigenvalue weighted by Gasteiger charge is -2.25. The van der Waals surface area contributed by atoms with E-state index >= 15 is 0 Å². The second kappa shape index (κ2) is 8.02. The molecule has 1 aliphatic heterocycles. The zero-order chi connectivity index (χ0) is 15.1. The molecule has 21 heavy (non-hydrogen) atoms. The van der Waals surface area contributed by atoms with Crippen LogP contribution in [-0.2, 0) is 11.3 Å². The predicted octanol–water partition coefficient (Wildman–Crippen LogP) is 2.67. The van der Waals surface area contributed by atoms with Crippen molar-refractivity contribution < 1.29 is 4.74 Å². The predicted molar refractivity (Wildman–Crippen MR) is 85.4 cm³/mol. The Kier molecular flexibility index (Phi) is 6.04. The van der Waals surface area contributed by atoms with Gasteiger partial charge in [0.25, 0.3) is 0 Å². The number of nitriles is 1. The van der Waals surface area contributed by atoms with Crippen molar-refractivity contribution in [3.05, 3.63) is 29.3 Å². The van der Waals surface area contributed by atoms with Gasteiger partial charge in [0.1, 0.15) is 6.07 Å². The van der Waals surface area contributed by atoms with Crippen LogP contribution in [0.15, 0.2) is 18.2 Å². The van der Waals surface area contributed by atoms with Gasteiger partial charge in [0.2, 0.25) is 0 Å². The van der Waals surface area contributed by atoms with Crippen molar-refractivity contribution in [1.29, 1.82) is 5.26 Å². The number of anilines is 1. The molecule has 2 rings (SSSR count). The summed E-state index contributed by atoms with van der Waals surface area (Å²) in [4.78, 5) is 2.28. The van der Waals surface area contributed by atoms with Crippen molar-refractivity contribution in [1.82, 2.24) is 5.32 Å². The Morgan fingerprint density at radius 2 is 2.33 bits per heavy atom. The van der Waals surface area contributed by atoms with E-state index in [4.69, 9.17) is 4.74 Å². The van der Waals surface area contributed by atoms with Gasteiger partial charge >= 0.3 is 0 Å². The fourth-order valence-electron chi connectivity index (χ4n) is 2.68. The topological polar surface area (TPSA) is 48.3 Å². The molecule has 1 aromatic carbocycles. The van der Waals surface area contributed by atoms with E-state index < -0.39 is 0 Å². The van der Waals surface area contributed by atoms with Gasteiger partial charge in [-0.2, -0.15) is 5.26 Å². The molecule has 0 aliphatic carbocycles. The van der Waals surface area contributed by atoms with Crippen molar-refractivity contribution in [2.24, 2.45) is 0 Å². The Bertz CT molecular complexity index is 495. The third-order valence-corrected chi connectivity index (χ3v) is 3.73. The lowest BCUT2D eigenvalue weighted by molar-refractivity contribution is 0.0821. The lowest BCUT2D eigenvalue weighted by Crippen LogP contribution is -2.30. The lowest BCUT2D eigenvalue weighted by atomic mass is 10.1. The van der Waals surface area contributed by atoms with E-state index in [1.807, 2.05) is 6.07 Å². The fourth-order valence-corrected chi connectivity index (χ4v) is 2.68. The zero-order valence-corrected chi connectivity index (χ0v) is 13.1. The quantitative estimate of drug-likeness (QED) is 0.846. The first kappa shape index (κ1) is 15.8. The van der Waals surface area contributed by atoms with Crippen LogP contribution in [0, 0.1) is 11.3 Å². The van der Waals surface area contributed by atoms with Crippen LogP contribution >= 0.6 is 0 Å². The first-order chi connectivity index (χ1) is 10.2. The third-order valence-electron chi connectivity index (χ3n) is 3.73. The van der Waals surface area contributed by atoms with Crippen molar-refractivity contribution in [2.45, 2.75) is 39.3 Å². The maximum Gasteiger partial charge on any atom is 0.101 e. The van der Waals surface area contributed by atoms with Crippen LogP contribution in [0.25, 0.3) is 0 Å². The molecule has 0 radical (unpaired) electrons. The van der Waals surface area contributed by atoms with Gasteiger partial charge in [-0.1, -0.05) is 13.0 Å². The molecule has 1 heterocycles. The van der Waals surface area contributed by atoms with Crippen LogP contribution in [0.4, 0.5) is 5.69 Å². The Morgan fingerprint density at radius 3 is 3.10 bits per heavy atom. The van der Waals surface area contributed by atoms with E-state index in [0.29, 0.717) is 0 Å². The maximum atomic E-state index is 9.45. The SMILES string of the molecule is CCCNCc1ccc(N2CCCOC(C)C2)c(C#N)c1. The van der Waals surface area contributed by atoms with Crippen LogP contribution in [0.1, 0.15) is 37.8 Å². The number of hydrogen-bond acceptors (Lipinski definition) is 4. The molecule has 1 unspecified atom stereocenters. The third kappa shape index (κ3) is 4.45. The highest BCUT2D eigenvalue weighted by atomic mass is 16.5. The minimum atomic E-state index is 0.213. The van der Waals surface area contributed by atoms with Gasteiger partial charge in [0, 0.05) is 26.2 Å². The molecule has 1 saturated heterocycles. The number of ether oxygens (including phenoxy) is 1. The fraction of sp³-hybridized carbons (Fsp3) is 0.588. The van der Waals surface area contributed by atoms with Crippen LogP contribution in [0.3, 0.4) is 0 Å². The summed E-state index contributed by atoms with van der Waals surface area (Å²) in [6.07, 6.45) is 2.34. The van der Waals surface area contributed by atoms with E-state index in [1.165, 1.54) is 5.56 Å². The molecule has 1 atom stereocenters. The summed E-state index contributed by atoms with van der Waals surface area (Å²) in [5.41, 5.74) is 2.97. The minimum Gasteiger partial charge on any atom is -0.377 e. The standard InChI is InChI=1S/C17H25N3O/c1-3-7-19-12-15-5-6-17(16(10-15)11-18)20-8-4-9-21-14(2)13-20/h5-6,10,14,19H,3-4,7-9,12-13H2,1-2H3. The van der Waals surface area contributed by atoms with Gasteiger partial charge in [0.15, 0.2) is 0 Å². The van der Waals surface area contributed by atoms with Gasteiger partial charge in [-0.3, -0.25) is 0 Å². The minimum absolute atomic E-state index is 0.213. The van der Waals surface area contributed by atoms with Crippen LogP contribution in [-0.4, -0.2) is 32.3 Å². The van der Waals surface area contributed by atoms with Crippen molar-refractivity contribution >= 4 is 5.69 Å². The molecular formula is C17H25N3O. The molecular weight excluding hydrogens is 262 g/mol. The highest BCUT2D eigenvalue weighted by Crippen LogP contribution is 2.23. The number of nitrogens with one attached hydrogen (secondary N) is 1. The summed E-state index contributed by atoms with van der Waals surface area (Å²) >= 11 is 0. The smallest absolute Gasteiger partial charge is 0.101 e. The molecule has 0 amide bonds. The largest absolute Gasteiger partial charge is 0.377 e. The number of hydrogen-bond donors (Lipinski definition) is 1. The first-order valence-corrected chi connectivity index (χ1v) is 7.85. The molecule has 1 aliphatic rings. The van der Waals surface area contributed by atoms with Crippen molar-refractivity contribution in [3.63, 3.8) is 0 Å². The van der Waals surface area contributed by atoms with Gasteiger partial charge in [-0.05, 0) is 44.0 Å². The van der Waals surface area contributed by atoms with Gasteiger partial charge in [0.05, 0.1) is 17.4 Å². The van der Waals surface area contributed by atoms with E-state index in [1.54, 1.807) is 0 Å². The van der Waals surface area contributed by atoms with Crippen LogP contribution < -0.4 is 10.2 Å². The first-order valence-electron chi connectivity index (χ1n) is 7.85. The molecule has 1 aromatic rings.